The summed E-state index contributed by atoms with van der Waals surface area (Å²) >= 11 is 0. The van der Waals surface area contributed by atoms with E-state index in [-0.39, 0.29) is 6.04 Å². The number of alkyl halides is 1. The van der Waals surface area contributed by atoms with Gasteiger partial charge >= 0.3 is 0 Å². The fourth-order valence-corrected chi connectivity index (χ4v) is 1.80. The molecule has 0 bridgehead atoms. The molecule has 0 saturated heterocycles. The van der Waals surface area contributed by atoms with Crippen molar-refractivity contribution in [2.45, 2.75) is 66.3 Å². The van der Waals surface area contributed by atoms with Crippen LogP contribution in [0.3, 0.4) is 0 Å². The first-order valence-electron chi connectivity index (χ1n) is 7.59. The molecule has 0 aromatic carbocycles. The standard InChI is InChI=1S/C13H23FNP.2C2H6/c1-6-9-11(10(4)15-5)12(7-2)13(14,16)8-3;2*1-2/h6-7,9-10,15H,2,8,16H2,1,3-5H3;2*1-2H3/b9-6-,12-11-;;. The van der Waals surface area contributed by atoms with E-state index in [0.29, 0.717) is 12.0 Å². The van der Waals surface area contributed by atoms with Gasteiger partial charge in [0.1, 0.15) is 5.41 Å². The molecule has 0 radical (unpaired) electrons. The third-order valence-corrected chi connectivity index (χ3v) is 3.44. The number of allylic oxidation sites excluding steroid dienone is 3. The summed E-state index contributed by atoms with van der Waals surface area (Å²) in [5.74, 6) is 0. The van der Waals surface area contributed by atoms with Gasteiger partial charge in [0.25, 0.3) is 0 Å². The maximum absolute atomic E-state index is 14.3. The molecular weight excluding hydrogens is 268 g/mol. The second kappa shape index (κ2) is 14.9. The summed E-state index contributed by atoms with van der Waals surface area (Å²) in [5, 5.41) is 1.73. The topological polar surface area (TPSA) is 12.0 Å². The van der Waals surface area contributed by atoms with E-state index in [1.165, 1.54) is 0 Å². The largest absolute Gasteiger partial charge is 0.313 e. The van der Waals surface area contributed by atoms with Crippen LogP contribution in [0.2, 0.25) is 0 Å². The molecule has 20 heavy (non-hydrogen) atoms. The summed E-state index contributed by atoms with van der Waals surface area (Å²) in [6, 6.07) is 0.103. The maximum atomic E-state index is 14.3. The second-order valence-electron chi connectivity index (χ2n) is 3.80. The minimum Gasteiger partial charge on any atom is -0.313 e. The van der Waals surface area contributed by atoms with Crippen LogP contribution in [-0.4, -0.2) is 18.5 Å². The Hall–Kier alpha value is -0.460. The first-order valence-corrected chi connectivity index (χ1v) is 8.17. The highest BCUT2D eigenvalue weighted by atomic mass is 31.0. The zero-order valence-electron chi connectivity index (χ0n) is 14.7. The zero-order valence-corrected chi connectivity index (χ0v) is 15.8. The number of likely N-dealkylation sites (N-methyl/N-ethyl adjacent to an activating group) is 1. The van der Waals surface area contributed by atoms with Gasteiger partial charge in [-0.25, -0.2) is 4.39 Å². The van der Waals surface area contributed by atoms with Crippen LogP contribution in [0.5, 0.6) is 0 Å². The molecule has 0 heterocycles. The van der Waals surface area contributed by atoms with Crippen molar-refractivity contribution in [2.75, 3.05) is 7.05 Å². The minimum absolute atomic E-state index is 0.103. The highest BCUT2D eigenvalue weighted by Gasteiger charge is 2.27. The van der Waals surface area contributed by atoms with E-state index in [2.05, 4.69) is 21.1 Å². The molecule has 3 heteroatoms. The van der Waals surface area contributed by atoms with Gasteiger partial charge in [-0.1, -0.05) is 68.7 Å². The molecule has 0 saturated carbocycles. The average Bonchev–Trinajstić information content (AvgIpc) is 2.50. The van der Waals surface area contributed by atoms with Gasteiger partial charge in [-0.3, -0.25) is 0 Å². The lowest BCUT2D eigenvalue weighted by Crippen LogP contribution is -2.27. The lowest BCUT2D eigenvalue weighted by atomic mass is 9.96. The maximum Gasteiger partial charge on any atom is 0.148 e. The van der Waals surface area contributed by atoms with Crippen LogP contribution in [0.1, 0.15) is 54.9 Å². The van der Waals surface area contributed by atoms with E-state index in [0.717, 1.165) is 5.57 Å². The predicted octanol–water partition coefficient (Wildman–Crippen LogP) is 5.66. The number of hydrogen-bond donors (Lipinski definition) is 1. The van der Waals surface area contributed by atoms with E-state index >= 15 is 0 Å². The number of nitrogens with one attached hydrogen (secondary N) is 1. The van der Waals surface area contributed by atoms with E-state index in [1.807, 2.05) is 67.7 Å². The lowest BCUT2D eigenvalue weighted by molar-refractivity contribution is 0.330. The summed E-state index contributed by atoms with van der Waals surface area (Å²) < 4.78 is 14.3. The molecule has 120 valence electrons. The van der Waals surface area contributed by atoms with Gasteiger partial charge in [0.05, 0.1) is 0 Å². The van der Waals surface area contributed by atoms with E-state index in [9.17, 15) is 4.39 Å². The van der Waals surface area contributed by atoms with Gasteiger partial charge in [0.15, 0.2) is 0 Å². The number of halogens is 1. The van der Waals surface area contributed by atoms with Crippen molar-refractivity contribution in [3.8, 4) is 0 Å². The fraction of sp³-hybridized carbons (Fsp3) is 0.647. The summed E-state index contributed by atoms with van der Waals surface area (Å²) in [6.45, 7) is 17.5. The molecule has 0 rings (SSSR count). The Labute approximate surface area is 129 Å². The summed E-state index contributed by atoms with van der Waals surface area (Å²) in [4.78, 5) is 0. The number of rotatable bonds is 6. The van der Waals surface area contributed by atoms with Gasteiger partial charge in [0.2, 0.25) is 0 Å². The van der Waals surface area contributed by atoms with Crippen molar-refractivity contribution in [3.63, 3.8) is 0 Å². The minimum atomic E-state index is -1.40. The van der Waals surface area contributed by atoms with E-state index in [1.54, 1.807) is 6.08 Å². The van der Waals surface area contributed by atoms with Gasteiger partial charge in [-0.15, -0.1) is 0 Å². The normalized spacial score (nSPS) is 15.9. The fourth-order valence-electron chi connectivity index (χ4n) is 1.52. The van der Waals surface area contributed by atoms with Crippen LogP contribution < -0.4 is 5.32 Å². The predicted molar refractivity (Wildman–Crippen MR) is 97.1 cm³/mol. The zero-order chi connectivity index (χ0) is 16.8. The first-order chi connectivity index (χ1) is 9.44. The Morgan fingerprint density at radius 1 is 1.35 bits per heavy atom. The molecule has 1 nitrogen and oxygen atoms in total. The van der Waals surface area contributed by atoms with Crippen LogP contribution in [0.15, 0.2) is 36.0 Å². The van der Waals surface area contributed by atoms with Crippen molar-refractivity contribution in [1.29, 1.82) is 0 Å². The molecule has 0 aliphatic heterocycles. The first kappa shape index (κ1) is 24.6. The monoisotopic (exact) mass is 303 g/mol. The third-order valence-electron chi connectivity index (χ3n) is 2.72. The quantitative estimate of drug-likeness (QED) is 0.493. The molecule has 0 aromatic heterocycles. The van der Waals surface area contributed by atoms with Crippen LogP contribution in [-0.2, 0) is 0 Å². The Bertz CT molecular complexity index is 293. The average molecular weight is 303 g/mol. The van der Waals surface area contributed by atoms with Gasteiger partial charge in [-0.05, 0) is 38.5 Å². The van der Waals surface area contributed by atoms with Crippen LogP contribution >= 0.6 is 9.24 Å². The summed E-state index contributed by atoms with van der Waals surface area (Å²) in [7, 11) is 4.14. The Balaban J connectivity index is -0.000000656. The van der Waals surface area contributed by atoms with Gasteiger partial charge in [0, 0.05) is 6.04 Å². The smallest absolute Gasteiger partial charge is 0.148 e. The Morgan fingerprint density at radius 2 is 1.80 bits per heavy atom. The molecule has 3 atom stereocenters. The van der Waals surface area contributed by atoms with Crippen molar-refractivity contribution < 1.29 is 4.39 Å². The van der Waals surface area contributed by atoms with Crippen molar-refractivity contribution in [2.24, 2.45) is 0 Å². The van der Waals surface area contributed by atoms with Crippen LogP contribution in [0, 0.1) is 0 Å². The number of hydrogen-bond acceptors (Lipinski definition) is 1. The SMILES string of the molecule is C=C/C(=C(\C=C/C)C(C)NC)C(F)(P)CC.CC.CC. The van der Waals surface area contributed by atoms with Crippen LogP contribution in [0.25, 0.3) is 0 Å². The highest BCUT2D eigenvalue weighted by Crippen LogP contribution is 2.36. The van der Waals surface area contributed by atoms with Crippen LogP contribution in [0.4, 0.5) is 4.39 Å². The highest BCUT2D eigenvalue weighted by molar-refractivity contribution is 7.19. The van der Waals surface area contributed by atoms with Crippen molar-refractivity contribution in [1.82, 2.24) is 5.32 Å². The van der Waals surface area contributed by atoms with E-state index in [4.69, 9.17) is 0 Å². The Kier molecular flexibility index (Phi) is 18.3. The van der Waals surface area contributed by atoms with Gasteiger partial charge < -0.3 is 5.32 Å². The molecular formula is C17H35FNP. The molecule has 0 aromatic rings. The van der Waals surface area contributed by atoms with E-state index < -0.39 is 5.41 Å². The van der Waals surface area contributed by atoms with Crippen molar-refractivity contribution >= 4 is 9.24 Å². The Morgan fingerprint density at radius 3 is 2.05 bits per heavy atom. The van der Waals surface area contributed by atoms with Gasteiger partial charge in [-0.2, -0.15) is 0 Å². The summed E-state index contributed by atoms with van der Waals surface area (Å²) in [5.41, 5.74) is 1.58. The third kappa shape index (κ3) is 8.66. The summed E-state index contributed by atoms with van der Waals surface area (Å²) in [6.07, 6.45) is 5.88. The molecule has 0 amide bonds. The second-order valence-corrected chi connectivity index (χ2v) is 4.71. The van der Waals surface area contributed by atoms with Crippen molar-refractivity contribution in [3.05, 3.63) is 36.0 Å². The lowest BCUT2D eigenvalue weighted by Gasteiger charge is -2.25. The molecule has 0 spiro atoms. The molecule has 0 fully saturated rings. The molecule has 3 unspecified atom stereocenters. The molecule has 1 N–H and O–H groups in total. The molecule has 0 aliphatic rings. The molecule has 0 aliphatic carbocycles.